The van der Waals surface area contributed by atoms with Gasteiger partial charge in [0.05, 0.1) is 19.8 Å². The average Bonchev–Trinajstić information content (AvgIpc) is 2.60. The van der Waals surface area contributed by atoms with Gasteiger partial charge in [-0.05, 0) is 12.0 Å². The van der Waals surface area contributed by atoms with Gasteiger partial charge in [0.15, 0.2) is 0 Å². The molecule has 2 rings (SSSR count). The topological polar surface area (TPSA) is 61.9 Å². The Kier molecular flexibility index (Phi) is 7.71. The molecule has 1 aliphatic heterocycles. The number of carbonyl (C=O) groups excluding carboxylic acids is 2. The summed E-state index contributed by atoms with van der Waals surface area (Å²) in [6.07, 6.45) is 0.792. The van der Waals surface area contributed by atoms with Gasteiger partial charge in [0, 0.05) is 39.6 Å². The molecule has 0 saturated carbocycles. The number of ether oxygens (including phenoxy) is 1. The lowest BCUT2D eigenvalue weighted by atomic mass is 10.1. The van der Waals surface area contributed by atoms with E-state index in [1.807, 2.05) is 30.3 Å². The van der Waals surface area contributed by atoms with Crippen LogP contribution < -0.4 is 5.32 Å². The number of nitrogens with one attached hydrogen (secondary N) is 1. The maximum atomic E-state index is 12.1. The van der Waals surface area contributed by atoms with Crippen molar-refractivity contribution in [1.82, 2.24) is 15.1 Å². The van der Waals surface area contributed by atoms with Crippen molar-refractivity contribution in [3.63, 3.8) is 0 Å². The molecule has 1 heterocycles. The zero-order valence-electron chi connectivity index (χ0n) is 14.4. The molecule has 132 valence electrons. The first-order chi connectivity index (χ1) is 11.6. The molecule has 0 aromatic heterocycles. The summed E-state index contributed by atoms with van der Waals surface area (Å²) in [7, 11) is 0. The lowest BCUT2D eigenvalue weighted by Crippen LogP contribution is -2.45. The molecule has 0 atom stereocenters. The molecule has 1 saturated heterocycles. The SMILES string of the molecule is CC(=O)N(CCN1CCOCC1)CC(=O)NCCc1ccccc1. The molecule has 1 aromatic rings. The van der Waals surface area contributed by atoms with Crippen molar-refractivity contribution in [2.45, 2.75) is 13.3 Å². The molecule has 2 amide bonds. The molecule has 0 radical (unpaired) electrons. The van der Waals surface area contributed by atoms with Crippen LogP contribution in [0, 0.1) is 0 Å². The summed E-state index contributed by atoms with van der Waals surface area (Å²) >= 11 is 0. The second-order valence-electron chi connectivity index (χ2n) is 5.98. The number of rotatable bonds is 8. The van der Waals surface area contributed by atoms with E-state index in [2.05, 4.69) is 10.2 Å². The van der Waals surface area contributed by atoms with Crippen molar-refractivity contribution in [3.8, 4) is 0 Å². The third-order valence-electron chi connectivity index (χ3n) is 4.15. The third kappa shape index (κ3) is 6.68. The Balaban J connectivity index is 1.68. The van der Waals surface area contributed by atoms with E-state index in [-0.39, 0.29) is 18.4 Å². The summed E-state index contributed by atoms with van der Waals surface area (Å²) in [6, 6.07) is 10.0. The highest BCUT2D eigenvalue weighted by molar-refractivity contribution is 5.83. The van der Waals surface area contributed by atoms with Crippen molar-refractivity contribution in [1.29, 1.82) is 0 Å². The number of morpholine rings is 1. The highest BCUT2D eigenvalue weighted by atomic mass is 16.5. The predicted octanol–water partition coefficient (Wildman–Crippen LogP) is 0.526. The van der Waals surface area contributed by atoms with Crippen LogP contribution in [0.1, 0.15) is 12.5 Å². The van der Waals surface area contributed by atoms with Crippen molar-refractivity contribution in [2.75, 3.05) is 52.5 Å². The van der Waals surface area contributed by atoms with Crippen LogP contribution in [0.4, 0.5) is 0 Å². The Bertz CT molecular complexity index is 516. The molecule has 24 heavy (non-hydrogen) atoms. The maximum Gasteiger partial charge on any atom is 0.239 e. The first kappa shape index (κ1) is 18.4. The Hall–Kier alpha value is -1.92. The number of benzene rings is 1. The zero-order chi connectivity index (χ0) is 17.2. The highest BCUT2D eigenvalue weighted by Gasteiger charge is 2.16. The fourth-order valence-corrected chi connectivity index (χ4v) is 2.65. The molecular formula is C18H27N3O3. The summed E-state index contributed by atoms with van der Waals surface area (Å²) in [5.41, 5.74) is 1.19. The smallest absolute Gasteiger partial charge is 0.239 e. The second-order valence-corrected chi connectivity index (χ2v) is 5.98. The van der Waals surface area contributed by atoms with Gasteiger partial charge in [-0.3, -0.25) is 14.5 Å². The number of nitrogens with zero attached hydrogens (tertiary/aromatic N) is 2. The summed E-state index contributed by atoms with van der Waals surface area (Å²) < 4.78 is 5.31. The summed E-state index contributed by atoms with van der Waals surface area (Å²) in [5, 5.41) is 2.89. The van der Waals surface area contributed by atoms with E-state index in [1.54, 1.807) is 4.90 Å². The first-order valence-electron chi connectivity index (χ1n) is 8.51. The van der Waals surface area contributed by atoms with E-state index in [0.29, 0.717) is 13.1 Å². The fourth-order valence-electron chi connectivity index (χ4n) is 2.65. The largest absolute Gasteiger partial charge is 0.379 e. The minimum Gasteiger partial charge on any atom is -0.379 e. The van der Waals surface area contributed by atoms with Gasteiger partial charge in [-0.1, -0.05) is 30.3 Å². The van der Waals surface area contributed by atoms with E-state index in [1.165, 1.54) is 12.5 Å². The molecule has 0 aliphatic carbocycles. The van der Waals surface area contributed by atoms with Crippen LogP contribution >= 0.6 is 0 Å². The average molecular weight is 333 g/mol. The number of hydrogen-bond donors (Lipinski definition) is 1. The van der Waals surface area contributed by atoms with Crippen LogP contribution in [0.3, 0.4) is 0 Å². The molecule has 1 aromatic carbocycles. The lowest BCUT2D eigenvalue weighted by Gasteiger charge is -2.29. The second kappa shape index (κ2) is 10.1. The maximum absolute atomic E-state index is 12.1. The quantitative estimate of drug-likeness (QED) is 0.754. The summed E-state index contributed by atoms with van der Waals surface area (Å²) in [6.45, 7) is 6.80. The van der Waals surface area contributed by atoms with Gasteiger partial charge >= 0.3 is 0 Å². The molecular weight excluding hydrogens is 306 g/mol. The molecule has 6 heteroatoms. The van der Waals surface area contributed by atoms with E-state index in [4.69, 9.17) is 4.74 Å². The lowest BCUT2D eigenvalue weighted by molar-refractivity contribution is -0.134. The monoisotopic (exact) mass is 333 g/mol. The van der Waals surface area contributed by atoms with Gasteiger partial charge < -0.3 is 15.0 Å². The van der Waals surface area contributed by atoms with Crippen LogP contribution in [0.15, 0.2) is 30.3 Å². The van der Waals surface area contributed by atoms with Crippen LogP contribution in [0.2, 0.25) is 0 Å². The van der Waals surface area contributed by atoms with Crippen LogP contribution in [-0.2, 0) is 20.7 Å². The van der Waals surface area contributed by atoms with Crippen molar-refractivity contribution >= 4 is 11.8 Å². The van der Waals surface area contributed by atoms with E-state index >= 15 is 0 Å². The number of amides is 2. The molecule has 0 spiro atoms. The Morgan fingerprint density at radius 1 is 1.21 bits per heavy atom. The van der Waals surface area contributed by atoms with E-state index in [9.17, 15) is 9.59 Å². The van der Waals surface area contributed by atoms with Gasteiger partial charge in [-0.2, -0.15) is 0 Å². The number of hydrogen-bond acceptors (Lipinski definition) is 4. The normalized spacial score (nSPS) is 15.0. The van der Waals surface area contributed by atoms with Gasteiger partial charge in [0.25, 0.3) is 0 Å². The third-order valence-corrected chi connectivity index (χ3v) is 4.15. The minimum atomic E-state index is -0.108. The molecule has 6 nitrogen and oxygen atoms in total. The molecule has 1 N–H and O–H groups in total. The zero-order valence-corrected chi connectivity index (χ0v) is 14.4. The van der Waals surface area contributed by atoms with Gasteiger partial charge in [-0.15, -0.1) is 0 Å². The highest BCUT2D eigenvalue weighted by Crippen LogP contribution is 2.00. The van der Waals surface area contributed by atoms with E-state index < -0.39 is 0 Å². The van der Waals surface area contributed by atoms with Gasteiger partial charge in [-0.25, -0.2) is 0 Å². The van der Waals surface area contributed by atoms with Gasteiger partial charge in [0.1, 0.15) is 0 Å². The Morgan fingerprint density at radius 2 is 1.92 bits per heavy atom. The van der Waals surface area contributed by atoms with Crippen LogP contribution in [0.5, 0.6) is 0 Å². The van der Waals surface area contributed by atoms with Crippen molar-refractivity contribution in [3.05, 3.63) is 35.9 Å². The standard InChI is InChI=1S/C18H27N3O3/c1-16(22)21(10-9-20-11-13-24-14-12-20)15-18(23)19-8-7-17-5-3-2-4-6-17/h2-6H,7-15H2,1H3,(H,19,23). The fraction of sp³-hybridized carbons (Fsp3) is 0.556. The van der Waals surface area contributed by atoms with Crippen molar-refractivity contribution < 1.29 is 14.3 Å². The van der Waals surface area contributed by atoms with Crippen LogP contribution in [-0.4, -0.2) is 74.1 Å². The number of carbonyl (C=O) groups is 2. The minimum absolute atomic E-state index is 0.0681. The Morgan fingerprint density at radius 3 is 2.58 bits per heavy atom. The molecule has 1 aliphatic rings. The molecule has 0 bridgehead atoms. The molecule has 1 fully saturated rings. The van der Waals surface area contributed by atoms with Gasteiger partial charge in [0.2, 0.25) is 11.8 Å². The molecule has 0 unspecified atom stereocenters. The predicted molar refractivity (Wildman–Crippen MR) is 92.7 cm³/mol. The summed E-state index contributed by atoms with van der Waals surface area (Å²) in [5.74, 6) is -0.176. The van der Waals surface area contributed by atoms with E-state index in [0.717, 1.165) is 39.3 Å². The summed E-state index contributed by atoms with van der Waals surface area (Å²) in [4.78, 5) is 27.7. The van der Waals surface area contributed by atoms with Crippen molar-refractivity contribution in [2.24, 2.45) is 0 Å². The Labute approximate surface area is 143 Å². The first-order valence-corrected chi connectivity index (χ1v) is 8.51. The van der Waals surface area contributed by atoms with Crippen LogP contribution in [0.25, 0.3) is 0 Å².